The van der Waals surface area contributed by atoms with Crippen LogP contribution >= 0.6 is 0 Å². The van der Waals surface area contributed by atoms with Crippen molar-refractivity contribution in [1.29, 1.82) is 0 Å². The van der Waals surface area contributed by atoms with Gasteiger partial charge in [0.25, 0.3) is 5.91 Å². The molecule has 0 saturated carbocycles. The van der Waals surface area contributed by atoms with E-state index in [0.29, 0.717) is 18.8 Å². The minimum absolute atomic E-state index is 0.226. The highest BCUT2D eigenvalue weighted by molar-refractivity contribution is 7.90. The Hall–Kier alpha value is -2.45. The van der Waals surface area contributed by atoms with Crippen LogP contribution in [0.2, 0.25) is 0 Å². The van der Waals surface area contributed by atoms with Crippen LogP contribution < -0.4 is 10.2 Å². The molecule has 1 aromatic carbocycles. The average Bonchev–Trinajstić information content (AvgIpc) is 2.68. The number of aromatic nitrogens is 1. The van der Waals surface area contributed by atoms with Crippen LogP contribution in [0.3, 0.4) is 0 Å². The second kappa shape index (κ2) is 8.06. The molecule has 0 radical (unpaired) electrons. The second-order valence-electron chi connectivity index (χ2n) is 6.54. The summed E-state index contributed by atoms with van der Waals surface area (Å²) in [4.78, 5) is 19.2. The molecule has 1 saturated heterocycles. The summed E-state index contributed by atoms with van der Waals surface area (Å²) in [6, 6.07) is 9.85. The van der Waals surface area contributed by atoms with E-state index in [2.05, 4.69) is 15.2 Å². The van der Waals surface area contributed by atoms with Crippen molar-refractivity contribution in [1.82, 2.24) is 10.3 Å². The lowest BCUT2D eigenvalue weighted by atomic mass is 10.1. The molecular weight excluding hydrogens is 366 g/mol. The van der Waals surface area contributed by atoms with Crippen LogP contribution in [0.15, 0.2) is 47.5 Å². The standard InChI is InChI=1S/C19H23N3O4S/c1-14(15-3-6-17(7-4-15)27(2,24)25)21-19(23)16-5-8-18(20-13-16)22-9-11-26-12-10-22/h3-8,13-14H,9-12H2,1-2H3,(H,21,23)/t14-/m0/s1. The fourth-order valence-electron chi connectivity index (χ4n) is 2.87. The maximum absolute atomic E-state index is 12.5. The Morgan fingerprint density at radius 2 is 1.81 bits per heavy atom. The van der Waals surface area contributed by atoms with Crippen molar-refractivity contribution in [3.63, 3.8) is 0 Å². The van der Waals surface area contributed by atoms with Gasteiger partial charge in [-0.1, -0.05) is 12.1 Å². The highest BCUT2D eigenvalue weighted by atomic mass is 32.2. The molecule has 2 heterocycles. The third-order valence-electron chi connectivity index (χ3n) is 4.50. The molecule has 3 rings (SSSR count). The molecular formula is C19H23N3O4S. The summed E-state index contributed by atoms with van der Waals surface area (Å²) in [5.41, 5.74) is 1.31. The van der Waals surface area contributed by atoms with Gasteiger partial charge >= 0.3 is 0 Å². The molecule has 0 bridgehead atoms. The lowest BCUT2D eigenvalue weighted by molar-refractivity contribution is 0.0939. The van der Waals surface area contributed by atoms with Crippen LogP contribution in [0.4, 0.5) is 5.82 Å². The van der Waals surface area contributed by atoms with Crippen LogP contribution in [0.25, 0.3) is 0 Å². The number of carbonyl (C=O) groups is 1. The molecule has 7 nitrogen and oxygen atoms in total. The van der Waals surface area contributed by atoms with Gasteiger partial charge < -0.3 is 15.0 Å². The van der Waals surface area contributed by atoms with Crippen LogP contribution in [-0.4, -0.2) is 51.9 Å². The number of carbonyl (C=O) groups excluding carboxylic acids is 1. The third kappa shape index (κ3) is 4.84. The van der Waals surface area contributed by atoms with E-state index < -0.39 is 9.84 Å². The van der Waals surface area contributed by atoms with Crippen molar-refractivity contribution < 1.29 is 17.9 Å². The quantitative estimate of drug-likeness (QED) is 0.839. The predicted molar refractivity (Wildman–Crippen MR) is 103 cm³/mol. The molecule has 144 valence electrons. The average molecular weight is 389 g/mol. The first-order valence-electron chi connectivity index (χ1n) is 8.74. The van der Waals surface area contributed by atoms with Crippen molar-refractivity contribution >= 4 is 21.6 Å². The van der Waals surface area contributed by atoms with Gasteiger partial charge in [0.2, 0.25) is 0 Å². The van der Waals surface area contributed by atoms with E-state index in [0.717, 1.165) is 24.5 Å². The maximum atomic E-state index is 12.5. The fourth-order valence-corrected chi connectivity index (χ4v) is 3.50. The van der Waals surface area contributed by atoms with Gasteiger partial charge in [0.15, 0.2) is 9.84 Å². The molecule has 0 aliphatic carbocycles. The number of hydrogen-bond donors (Lipinski definition) is 1. The van der Waals surface area contributed by atoms with Crippen molar-refractivity contribution in [2.24, 2.45) is 0 Å². The summed E-state index contributed by atoms with van der Waals surface area (Å²) in [6.45, 7) is 4.79. The van der Waals surface area contributed by atoms with Gasteiger partial charge in [-0.2, -0.15) is 0 Å². The van der Waals surface area contributed by atoms with Gasteiger partial charge in [-0.25, -0.2) is 13.4 Å². The molecule has 1 N–H and O–H groups in total. The highest BCUT2D eigenvalue weighted by Crippen LogP contribution is 2.18. The molecule has 0 spiro atoms. The normalized spacial score (nSPS) is 16.0. The van der Waals surface area contributed by atoms with E-state index in [-0.39, 0.29) is 16.8 Å². The molecule has 1 aliphatic rings. The van der Waals surface area contributed by atoms with Crippen LogP contribution in [-0.2, 0) is 14.6 Å². The Morgan fingerprint density at radius 1 is 1.15 bits per heavy atom. The first-order chi connectivity index (χ1) is 12.8. The number of nitrogens with zero attached hydrogens (tertiary/aromatic N) is 2. The van der Waals surface area contributed by atoms with E-state index in [9.17, 15) is 13.2 Å². The number of pyridine rings is 1. The number of benzene rings is 1. The lowest BCUT2D eigenvalue weighted by Crippen LogP contribution is -2.36. The second-order valence-corrected chi connectivity index (χ2v) is 8.56. The Kier molecular flexibility index (Phi) is 5.76. The van der Waals surface area contributed by atoms with Gasteiger partial charge in [0, 0.05) is 25.5 Å². The first kappa shape index (κ1) is 19.3. The zero-order chi connectivity index (χ0) is 19.4. The summed E-state index contributed by atoms with van der Waals surface area (Å²) in [6.07, 6.45) is 2.74. The van der Waals surface area contributed by atoms with E-state index >= 15 is 0 Å². The molecule has 1 amide bonds. The van der Waals surface area contributed by atoms with Gasteiger partial charge in [-0.3, -0.25) is 4.79 Å². The monoisotopic (exact) mass is 389 g/mol. The Balaban J connectivity index is 1.64. The van der Waals surface area contributed by atoms with Gasteiger partial charge in [0.1, 0.15) is 5.82 Å². The molecule has 1 atom stereocenters. The number of amides is 1. The topological polar surface area (TPSA) is 88.6 Å². The molecule has 2 aromatic rings. The summed E-state index contributed by atoms with van der Waals surface area (Å²) in [5, 5.41) is 2.91. The lowest BCUT2D eigenvalue weighted by Gasteiger charge is -2.27. The number of rotatable bonds is 5. The van der Waals surface area contributed by atoms with Crippen molar-refractivity contribution in [2.75, 3.05) is 37.5 Å². The van der Waals surface area contributed by atoms with Crippen LogP contribution in [0, 0.1) is 0 Å². The Labute approximate surface area is 159 Å². The first-order valence-corrected chi connectivity index (χ1v) is 10.6. The highest BCUT2D eigenvalue weighted by Gasteiger charge is 2.15. The number of hydrogen-bond acceptors (Lipinski definition) is 6. The summed E-state index contributed by atoms with van der Waals surface area (Å²) < 4.78 is 28.4. The number of anilines is 1. The van der Waals surface area contributed by atoms with Crippen LogP contribution in [0.1, 0.15) is 28.9 Å². The zero-order valence-corrected chi connectivity index (χ0v) is 16.2. The van der Waals surface area contributed by atoms with Crippen molar-refractivity contribution in [3.05, 3.63) is 53.7 Å². The fraction of sp³-hybridized carbons (Fsp3) is 0.368. The zero-order valence-electron chi connectivity index (χ0n) is 15.4. The predicted octanol–water partition coefficient (Wildman–Crippen LogP) is 1.81. The number of sulfone groups is 1. The summed E-state index contributed by atoms with van der Waals surface area (Å²) in [7, 11) is -3.23. The van der Waals surface area contributed by atoms with Crippen molar-refractivity contribution in [3.8, 4) is 0 Å². The van der Waals surface area contributed by atoms with E-state index in [1.54, 1.807) is 36.5 Å². The van der Waals surface area contributed by atoms with E-state index in [1.807, 2.05) is 13.0 Å². The van der Waals surface area contributed by atoms with Crippen molar-refractivity contribution in [2.45, 2.75) is 17.9 Å². The SMILES string of the molecule is C[C@H](NC(=O)c1ccc(N2CCOCC2)nc1)c1ccc(S(C)(=O)=O)cc1. The number of ether oxygens (including phenoxy) is 1. The Morgan fingerprint density at radius 3 is 2.37 bits per heavy atom. The molecule has 0 unspecified atom stereocenters. The minimum atomic E-state index is -3.23. The number of nitrogens with one attached hydrogen (secondary N) is 1. The summed E-state index contributed by atoms with van der Waals surface area (Å²) >= 11 is 0. The van der Waals surface area contributed by atoms with Gasteiger partial charge in [-0.15, -0.1) is 0 Å². The molecule has 8 heteroatoms. The smallest absolute Gasteiger partial charge is 0.253 e. The Bertz CT molecular complexity index is 890. The molecule has 27 heavy (non-hydrogen) atoms. The van der Waals surface area contributed by atoms with Crippen LogP contribution in [0.5, 0.6) is 0 Å². The molecule has 1 fully saturated rings. The number of morpholine rings is 1. The van der Waals surface area contributed by atoms with Gasteiger partial charge in [0.05, 0.1) is 29.7 Å². The van der Waals surface area contributed by atoms with Gasteiger partial charge in [-0.05, 0) is 36.8 Å². The molecule has 1 aromatic heterocycles. The third-order valence-corrected chi connectivity index (χ3v) is 5.63. The van der Waals surface area contributed by atoms with E-state index in [4.69, 9.17) is 4.74 Å². The molecule has 1 aliphatic heterocycles. The largest absolute Gasteiger partial charge is 0.378 e. The van der Waals surface area contributed by atoms with E-state index in [1.165, 1.54) is 6.26 Å². The minimum Gasteiger partial charge on any atom is -0.378 e. The maximum Gasteiger partial charge on any atom is 0.253 e. The summed E-state index contributed by atoms with van der Waals surface area (Å²) in [5.74, 6) is 0.606.